The summed E-state index contributed by atoms with van der Waals surface area (Å²) in [5.41, 5.74) is 3.32. The summed E-state index contributed by atoms with van der Waals surface area (Å²) in [6, 6.07) is 9.03. The van der Waals surface area contributed by atoms with Gasteiger partial charge in [-0.3, -0.25) is 9.36 Å². The van der Waals surface area contributed by atoms with Crippen molar-refractivity contribution in [3.8, 4) is 5.69 Å². The second-order valence-corrected chi connectivity index (χ2v) is 4.77. The Morgan fingerprint density at radius 3 is 2.76 bits per heavy atom. The fraction of sp³-hybridized carbons (Fsp3) is 0.133. The van der Waals surface area contributed by atoms with Crippen molar-refractivity contribution in [3.05, 3.63) is 58.3 Å². The number of hydrogen-bond donors (Lipinski definition) is 2. The summed E-state index contributed by atoms with van der Waals surface area (Å²) in [6.45, 7) is 1.97. The average Bonchev–Trinajstić information content (AvgIpc) is 2.81. The minimum absolute atomic E-state index is 0.231. The monoisotopic (exact) mass is 282 g/mol. The Bertz CT molecular complexity index is 875. The molecule has 6 nitrogen and oxygen atoms in total. The highest BCUT2D eigenvalue weighted by Crippen LogP contribution is 2.16. The number of benzene rings is 1. The Kier molecular flexibility index (Phi) is 3.06. The number of imidazole rings is 1. The Hall–Kier alpha value is -2.89. The van der Waals surface area contributed by atoms with E-state index in [9.17, 15) is 9.59 Å². The van der Waals surface area contributed by atoms with Gasteiger partial charge in [0.15, 0.2) is 0 Å². The van der Waals surface area contributed by atoms with Gasteiger partial charge in [-0.1, -0.05) is 6.07 Å². The zero-order valence-electron chi connectivity index (χ0n) is 11.7. The maximum Gasteiger partial charge on any atom is 0.331 e. The van der Waals surface area contributed by atoms with E-state index in [1.165, 1.54) is 10.8 Å². The van der Waals surface area contributed by atoms with Gasteiger partial charge in [-0.05, 0) is 36.8 Å². The maximum absolute atomic E-state index is 12.1. The molecule has 21 heavy (non-hydrogen) atoms. The number of hydrogen-bond acceptors (Lipinski definition) is 3. The molecule has 0 aliphatic heterocycles. The van der Waals surface area contributed by atoms with E-state index in [1.54, 1.807) is 19.2 Å². The third kappa shape index (κ3) is 2.20. The van der Waals surface area contributed by atoms with Crippen molar-refractivity contribution in [2.45, 2.75) is 6.92 Å². The minimum Gasteiger partial charge on any atom is -0.354 e. The van der Waals surface area contributed by atoms with E-state index in [4.69, 9.17) is 0 Å². The van der Waals surface area contributed by atoms with E-state index in [0.29, 0.717) is 11.4 Å². The third-order valence-corrected chi connectivity index (χ3v) is 3.30. The number of nitrogens with one attached hydrogen (secondary N) is 2. The summed E-state index contributed by atoms with van der Waals surface area (Å²) < 4.78 is 1.54. The van der Waals surface area contributed by atoms with Crippen LogP contribution in [0.15, 0.2) is 41.3 Å². The fourth-order valence-electron chi connectivity index (χ4n) is 2.26. The Labute approximate surface area is 120 Å². The molecular formula is C15H14N4O2. The number of aryl methyl sites for hydroxylation is 1. The van der Waals surface area contributed by atoms with Gasteiger partial charge < -0.3 is 10.3 Å². The fourth-order valence-corrected chi connectivity index (χ4v) is 2.26. The highest BCUT2D eigenvalue weighted by atomic mass is 16.2. The Balaban J connectivity index is 2.14. The van der Waals surface area contributed by atoms with Crippen LogP contribution < -0.4 is 11.0 Å². The summed E-state index contributed by atoms with van der Waals surface area (Å²) in [4.78, 5) is 30.5. The van der Waals surface area contributed by atoms with Crippen molar-refractivity contribution >= 4 is 16.9 Å². The number of amides is 1. The highest BCUT2D eigenvalue weighted by Gasteiger charge is 2.10. The SMILES string of the molecule is CNC(=O)c1ccc(-n2c(=O)[nH]c3cc(C)ccc32)cn1. The lowest BCUT2D eigenvalue weighted by Gasteiger charge is -2.04. The van der Waals surface area contributed by atoms with Crippen molar-refractivity contribution in [1.29, 1.82) is 0 Å². The molecule has 0 bridgehead atoms. The van der Waals surface area contributed by atoms with Crippen LogP contribution in [-0.2, 0) is 0 Å². The molecule has 1 aromatic carbocycles. The summed E-state index contributed by atoms with van der Waals surface area (Å²) in [5, 5.41) is 2.51. The van der Waals surface area contributed by atoms with Crippen molar-refractivity contribution in [2.24, 2.45) is 0 Å². The van der Waals surface area contributed by atoms with Crippen LogP contribution >= 0.6 is 0 Å². The normalized spacial score (nSPS) is 10.8. The largest absolute Gasteiger partial charge is 0.354 e. The van der Waals surface area contributed by atoms with Crippen molar-refractivity contribution in [3.63, 3.8) is 0 Å². The molecule has 0 unspecified atom stereocenters. The van der Waals surface area contributed by atoms with Crippen LogP contribution in [0.2, 0.25) is 0 Å². The van der Waals surface area contributed by atoms with Gasteiger partial charge in [0.1, 0.15) is 5.69 Å². The molecule has 0 saturated heterocycles. The molecule has 6 heteroatoms. The predicted octanol–water partition coefficient (Wildman–Crippen LogP) is 1.38. The molecular weight excluding hydrogens is 268 g/mol. The molecule has 106 valence electrons. The molecule has 2 N–H and O–H groups in total. The second kappa shape index (κ2) is 4.90. The molecule has 0 saturated carbocycles. The van der Waals surface area contributed by atoms with Crippen molar-refractivity contribution in [1.82, 2.24) is 19.9 Å². The van der Waals surface area contributed by atoms with Crippen LogP contribution in [0.1, 0.15) is 16.1 Å². The number of H-pyrrole nitrogens is 1. The first kappa shape index (κ1) is 13.1. The van der Waals surface area contributed by atoms with E-state index in [2.05, 4.69) is 15.3 Å². The van der Waals surface area contributed by atoms with E-state index in [0.717, 1.165) is 16.6 Å². The highest BCUT2D eigenvalue weighted by molar-refractivity contribution is 5.92. The van der Waals surface area contributed by atoms with Crippen LogP contribution in [0.4, 0.5) is 0 Å². The van der Waals surface area contributed by atoms with Gasteiger partial charge in [-0.25, -0.2) is 9.78 Å². The topological polar surface area (TPSA) is 79.8 Å². The molecule has 0 spiro atoms. The molecule has 0 aliphatic rings. The van der Waals surface area contributed by atoms with Crippen LogP contribution in [-0.4, -0.2) is 27.5 Å². The number of aromatic amines is 1. The van der Waals surface area contributed by atoms with Crippen LogP contribution in [0, 0.1) is 6.92 Å². The van der Waals surface area contributed by atoms with Gasteiger partial charge in [-0.15, -0.1) is 0 Å². The van der Waals surface area contributed by atoms with Gasteiger partial charge in [-0.2, -0.15) is 0 Å². The van der Waals surface area contributed by atoms with Gasteiger partial charge >= 0.3 is 5.69 Å². The number of carbonyl (C=O) groups is 1. The maximum atomic E-state index is 12.1. The smallest absolute Gasteiger partial charge is 0.331 e. The average molecular weight is 282 g/mol. The van der Waals surface area contributed by atoms with Crippen LogP contribution in [0.25, 0.3) is 16.7 Å². The second-order valence-electron chi connectivity index (χ2n) is 4.77. The zero-order chi connectivity index (χ0) is 15.0. The van der Waals surface area contributed by atoms with Gasteiger partial charge in [0.2, 0.25) is 0 Å². The molecule has 0 aliphatic carbocycles. The lowest BCUT2D eigenvalue weighted by atomic mass is 10.2. The summed E-state index contributed by atoms with van der Waals surface area (Å²) in [7, 11) is 1.55. The Morgan fingerprint density at radius 1 is 1.29 bits per heavy atom. The molecule has 0 radical (unpaired) electrons. The number of rotatable bonds is 2. The zero-order valence-corrected chi connectivity index (χ0v) is 11.7. The van der Waals surface area contributed by atoms with Crippen molar-refractivity contribution < 1.29 is 4.79 Å². The first-order valence-corrected chi connectivity index (χ1v) is 6.50. The Morgan fingerprint density at radius 2 is 2.10 bits per heavy atom. The first-order chi connectivity index (χ1) is 10.1. The minimum atomic E-state index is -0.261. The first-order valence-electron chi connectivity index (χ1n) is 6.50. The van der Waals surface area contributed by atoms with E-state index < -0.39 is 0 Å². The summed E-state index contributed by atoms with van der Waals surface area (Å²) >= 11 is 0. The number of pyridine rings is 1. The number of carbonyl (C=O) groups excluding carboxylic acids is 1. The lowest BCUT2D eigenvalue weighted by molar-refractivity contribution is 0.0958. The van der Waals surface area contributed by atoms with Crippen LogP contribution in [0.5, 0.6) is 0 Å². The number of fused-ring (bicyclic) bond motifs is 1. The number of nitrogens with zero attached hydrogens (tertiary/aromatic N) is 2. The molecule has 1 amide bonds. The predicted molar refractivity (Wildman–Crippen MR) is 79.8 cm³/mol. The van der Waals surface area contributed by atoms with Crippen LogP contribution in [0.3, 0.4) is 0 Å². The molecule has 3 aromatic rings. The molecule has 0 atom stereocenters. The van der Waals surface area contributed by atoms with Gasteiger partial charge in [0, 0.05) is 7.05 Å². The summed E-state index contributed by atoms with van der Waals surface area (Å²) in [5.74, 6) is -0.261. The quantitative estimate of drug-likeness (QED) is 0.745. The van der Waals surface area contributed by atoms with E-state index >= 15 is 0 Å². The van der Waals surface area contributed by atoms with Gasteiger partial charge in [0.05, 0.1) is 22.9 Å². The molecule has 2 heterocycles. The molecule has 0 fully saturated rings. The molecule has 3 rings (SSSR count). The summed E-state index contributed by atoms with van der Waals surface area (Å²) in [6.07, 6.45) is 1.51. The lowest BCUT2D eigenvalue weighted by Crippen LogP contribution is -2.20. The molecule has 2 aromatic heterocycles. The van der Waals surface area contributed by atoms with E-state index in [1.807, 2.05) is 25.1 Å². The standard InChI is InChI=1S/C15H14N4O2/c1-9-3-6-13-12(7-9)18-15(21)19(13)10-4-5-11(17-8-10)14(20)16-2/h3-8H,1-2H3,(H,16,20)(H,18,21). The van der Waals surface area contributed by atoms with Gasteiger partial charge in [0.25, 0.3) is 5.91 Å². The van der Waals surface area contributed by atoms with Crippen molar-refractivity contribution in [2.75, 3.05) is 7.05 Å². The van der Waals surface area contributed by atoms with E-state index in [-0.39, 0.29) is 11.6 Å². The third-order valence-electron chi connectivity index (χ3n) is 3.30. The number of aromatic nitrogens is 3.